The standard InChI is InChI=1S/C26H37ClN4O2/c1-4-30(5-2)19-12-14-31(16-19)23-11-8-20-22(29-23)10-9-21(27)24(20)25(32)28-17-26(33)13-6-7-18(3)15-26/h8-11,18-19,33H,4-7,12-17H2,1-3H3,(H,28,32)/t18-,19?,26-/m1/s1. The Balaban J connectivity index is 1.51. The minimum Gasteiger partial charge on any atom is -0.388 e. The van der Waals surface area contributed by atoms with E-state index in [1.54, 1.807) is 6.07 Å². The topological polar surface area (TPSA) is 68.7 Å². The quantitative estimate of drug-likeness (QED) is 0.621. The van der Waals surface area contributed by atoms with Crippen LogP contribution in [0, 0.1) is 5.92 Å². The molecule has 3 atom stereocenters. The van der Waals surface area contributed by atoms with Crippen molar-refractivity contribution in [1.82, 2.24) is 15.2 Å². The van der Waals surface area contributed by atoms with Gasteiger partial charge in [0.05, 0.1) is 21.7 Å². The SMILES string of the molecule is CCN(CC)C1CCN(c2ccc3c(C(=O)NC[C@@]4(O)CCC[C@@H](C)C4)c(Cl)ccc3n2)C1. The van der Waals surface area contributed by atoms with Crippen molar-refractivity contribution >= 4 is 34.2 Å². The smallest absolute Gasteiger partial charge is 0.253 e. The van der Waals surface area contributed by atoms with E-state index in [0.717, 1.165) is 68.6 Å². The molecular formula is C26H37ClN4O2. The van der Waals surface area contributed by atoms with Crippen molar-refractivity contribution in [1.29, 1.82) is 0 Å². The first-order valence-electron chi connectivity index (χ1n) is 12.4. The third-order valence-corrected chi connectivity index (χ3v) is 7.81. The van der Waals surface area contributed by atoms with E-state index in [-0.39, 0.29) is 12.5 Å². The van der Waals surface area contributed by atoms with Crippen molar-refractivity contribution in [3.63, 3.8) is 0 Å². The van der Waals surface area contributed by atoms with Crippen LogP contribution in [-0.2, 0) is 0 Å². The summed E-state index contributed by atoms with van der Waals surface area (Å²) in [5.41, 5.74) is 0.355. The van der Waals surface area contributed by atoms with E-state index in [1.807, 2.05) is 18.2 Å². The van der Waals surface area contributed by atoms with Crippen molar-refractivity contribution < 1.29 is 9.90 Å². The summed E-state index contributed by atoms with van der Waals surface area (Å²) in [5, 5.41) is 15.0. The highest BCUT2D eigenvalue weighted by Gasteiger charge is 2.33. The molecule has 1 amide bonds. The molecule has 1 aliphatic carbocycles. The second-order valence-electron chi connectivity index (χ2n) is 9.88. The first kappa shape index (κ1) is 24.2. The molecule has 0 spiro atoms. The summed E-state index contributed by atoms with van der Waals surface area (Å²) in [5.74, 6) is 1.15. The van der Waals surface area contributed by atoms with Gasteiger partial charge in [0, 0.05) is 31.1 Å². The summed E-state index contributed by atoms with van der Waals surface area (Å²) in [7, 11) is 0. The molecule has 6 nitrogen and oxygen atoms in total. The number of carbonyl (C=O) groups excluding carboxylic acids is 1. The lowest BCUT2D eigenvalue weighted by molar-refractivity contribution is -0.0109. The maximum Gasteiger partial charge on any atom is 0.253 e. The third-order valence-electron chi connectivity index (χ3n) is 7.49. The van der Waals surface area contributed by atoms with Gasteiger partial charge in [-0.1, -0.05) is 45.2 Å². The largest absolute Gasteiger partial charge is 0.388 e. The van der Waals surface area contributed by atoms with Gasteiger partial charge < -0.3 is 15.3 Å². The Morgan fingerprint density at radius 1 is 1.27 bits per heavy atom. The van der Waals surface area contributed by atoms with Crippen LogP contribution in [0.4, 0.5) is 5.82 Å². The lowest BCUT2D eigenvalue weighted by atomic mass is 9.79. The lowest BCUT2D eigenvalue weighted by Crippen LogP contribution is -2.45. The molecule has 2 fully saturated rings. The maximum absolute atomic E-state index is 13.1. The van der Waals surface area contributed by atoms with Gasteiger partial charge in [-0.05, 0) is 62.5 Å². The van der Waals surface area contributed by atoms with Crippen LogP contribution >= 0.6 is 11.6 Å². The highest BCUT2D eigenvalue weighted by atomic mass is 35.5. The second-order valence-corrected chi connectivity index (χ2v) is 10.3. The van der Waals surface area contributed by atoms with Crippen molar-refractivity contribution in [3.8, 4) is 0 Å². The molecule has 2 heterocycles. The number of aliphatic hydroxyl groups is 1. The first-order chi connectivity index (χ1) is 15.8. The molecule has 1 aromatic carbocycles. The summed E-state index contributed by atoms with van der Waals surface area (Å²) >= 11 is 6.46. The molecule has 2 aromatic rings. The Morgan fingerprint density at radius 3 is 2.79 bits per heavy atom. The second kappa shape index (κ2) is 10.2. The van der Waals surface area contributed by atoms with Gasteiger partial charge in [0.15, 0.2) is 0 Å². The Hall–Kier alpha value is -1.89. The number of rotatable bonds is 7. The molecule has 1 saturated carbocycles. The van der Waals surface area contributed by atoms with E-state index in [1.165, 1.54) is 0 Å². The fourth-order valence-corrected chi connectivity index (χ4v) is 5.94. The number of halogens is 1. The van der Waals surface area contributed by atoms with Gasteiger partial charge in [0.2, 0.25) is 0 Å². The highest BCUT2D eigenvalue weighted by Crippen LogP contribution is 2.32. The maximum atomic E-state index is 13.1. The van der Waals surface area contributed by atoms with Gasteiger partial charge in [-0.25, -0.2) is 4.98 Å². The Bertz CT molecular complexity index is 996. The van der Waals surface area contributed by atoms with Crippen molar-refractivity contribution in [2.45, 2.75) is 64.5 Å². The summed E-state index contributed by atoms with van der Waals surface area (Å²) in [4.78, 5) is 22.8. The molecular weight excluding hydrogens is 436 g/mol. The van der Waals surface area contributed by atoms with Crippen LogP contribution in [0.3, 0.4) is 0 Å². The van der Waals surface area contributed by atoms with Gasteiger partial charge in [-0.2, -0.15) is 0 Å². The summed E-state index contributed by atoms with van der Waals surface area (Å²) < 4.78 is 0. The van der Waals surface area contributed by atoms with Gasteiger partial charge in [-0.3, -0.25) is 9.69 Å². The van der Waals surface area contributed by atoms with Crippen molar-refractivity contribution in [2.75, 3.05) is 37.6 Å². The van der Waals surface area contributed by atoms with Crippen LogP contribution in [0.25, 0.3) is 10.9 Å². The lowest BCUT2D eigenvalue weighted by Gasteiger charge is -2.35. The fourth-order valence-electron chi connectivity index (χ4n) is 5.69. The van der Waals surface area contributed by atoms with Crippen LogP contribution in [0.2, 0.25) is 5.02 Å². The number of likely N-dealkylation sites (N-methyl/N-ethyl adjacent to an activating group) is 1. The normalized spacial score (nSPS) is 25.7. The van der Waals surface area contributed by atoms with E-state index in [2.05, 4.69) is 35.9 Å². The van der Waals surface area contributed by atoms with Crippen LogP contribution in [-0.4, -0.2) is 65.3 Å². The number of hydrogen-bond donors (Lipinski definition) is 2. The van der Waals surface area contributed by atoms with Crippen LogP contribution in [0.1, 0.15) is 63.2 Å². The summed E-state index contributed by atoms with van der Waals surface area (Å²) in [6.07, 6.45) is 4.69. The zero-order chi connectivity index (χ0) is 23.6. The summed E-state index contributed by atoms with van der Waals surface area (Å²) in [6.45, 7) is 10.9. The fraction of sp³-hybridized carbons (Fsp3) is 0.615. The molecule has 7 heteroatoms. The molecule has 0 bridgehead atoms. The van der Waals surface area contributed by atoms with Gasteiger partial charge >= 0.3 is 0 Å². The minimum absolute atomic E-state index is 0.245. The first-order valence-corrected chi connectivity index (χ1v) is 12.8. The van der Waals surface area contributed by atoms with E-state index in [0.29, 0.717) is 29.0 Å². The molecule has 1 aromatic heterocycles. The van der Waals surface area contributed by atoms with E-state index < -0.39 is 5.60 Å². The van der Waals surface area contributed by atoms with Crippen molar-refractivity contribution in [3.05, 3.63) is 34.9 Å². The third kappa shape index (κ3) is 5.28. The zero-order valence-electron chi connectivity index (χ0n) is 20.1. The number of aromatic nitrogens is 1. The number of fused-ring (bicyclic) bond motifs is 1. The molecule has 2 aliphatic rings. The number of amides is 1. The number of carbonyl (C=O) groups is 1. The van der Waals surface area contributed by atoms with Crippen LogP contribution in [0.15, 0.2) is 24.3 Å². The van der Waals surface area contributed by atoms with E-state index in [4.69, 9.17) is 16.6 Å². The van der Waals surface area contributed by atoms with Gasteiger partial charge in [0.25, 0.3) is 5.91 Å². The molecule has 33 heavy (non-hydrogen) atoms. The number of nitrogens with one attached hydrogen (secondary N) is 1. The molecule has 1 aliphatic heterocycles. The number of hydrogen-bond acceptors (Lipinski definition) is 5. The van der Waals surface area contributed by atoms with Crippen molar-refractivity contribution in [2.24, 2.45) is 5.92 Å². The zero-order valence-corrected chi connectivity index (χ0v) is 20.9. The number of nitrogens with zero attached hydrogens (tertiary/aromatic N) is 3. The van der Waals surface area contributed by atoms with E-state index in [9.17, 15) is 9.90 Å². The Kier molecular flexibility index (Phi) is 7.46. The Morgan fingerprint density at radius 2 is 2.06 bits per heavy atom. The highest BCUT2D eigenvalue weighted by molar-refractivity contribution is 6.35. The molecule has 180 valence electrons. The number of benzene rings is 1. The molecule has 2 N–H and O–H groups in total. The molecule has 0 radical (unpaired) electrons. The predicted molar refractivity (Wildman–Crippen MR) is 135 cm³/mol. The average molecular weight is 473 g/mol. The number of pyridine rings is 1. The average Bonchev–Trinajstić information content (AvgIpc) is 3.28. The summed E-state index contributed by atoms with van der Waals surface area (Å²) in [6, 6.07) is 8.14. The molecule has 4 rings (SSSR count). The molecule has 1 saturated heterocycles. The van der Waals surface area contributed by atoms with Crippen LogP contribution in [0.5, 0.6) is 0 Å². The van der Waals surface area contributed by atoms with E-state index >= 15 is 0 Å². The monoisotopic (exact) mass is 472 g/mol. The molecule has 1 unspecified atom stereocenters. The predicted octanol–water partition coefficient (Wildman–Crippen LogP) is 4.48. The number of anilines is 1. The van der Waals surface area contributed by atoms with Crippen LogP contribution < -0.4 is 10.2 Å². The Labute approximate surface area is 202 Å². The van der Waals surface area contributed by atoms with Gasteiger partial charge in [-0.15, -0.1) is 0 Å². The van der Waals surface area contributed by atoms with Gasteiger partial charge in [0.1, 0.15) is 5.82 Å². The minimum atomic E-state index is -0.840.